The van der Waals surface area contributed by atoms with Crippen LogP contribution in [0.5, 0.6) is 0 Å². The molecular weight excluding hydrogens is 322 g/mol. The number of nitrogens with zero attached hydrogens (tertiary/aromatic N) is 2. The molecule has 1 saturated heterocycles. The van der Waals surface area contributed by atoms with Crippen molar-refractivity contribution in [2.24, 2.45) is 0 Å². The van der Waals surface area contributed by atoms with Gasteiger partial charge in [0.1, 0.15) is 0 Å². The normalized spacial score (nSPS) is 20.2. The van der Waals surface area contributed by atoms with E-state index in [2.05, 4.69) is 59.6 Å². The number of amides is 1. The molecule has 2 aliphatic rings. The number of hydrogen-bond acceptors (Lipinski definition) is 3. The molecule has 0 spiro atoms. The van der Waals surface area contributed by atoms with Crippen LogP contribution in [0.25, 0.3) is 0 Å². The van der Waals surface area contributed by atoms with E-state index >= 15 is 0 Å². The van der Waals surface area contributed by atoms with Crippen LogP contribution in [0.1, 0.15) is 23.6 Å². The molecule has 0 aliphatic carbocycles. The van der Waals surface area contributed by atoms with Crippen LogP contribution in [-0.2, 0) is 17.6 Å². The summed E-state index contributed by atoms with van der Waals surface area (Å²) in [6.45, 7) is 6.37. The molecule has 2 aromatic rings. The molecule has 0 radical (unpaired) electrons. The first-order valence-electron chi connectivity index (χ1n) is 9.61. The number of anilines is 1. The van der Waals surface area contributed by atoms with E-state index in [4.69, 9.17) is 0 Å². The number of piperazine rings is 1. The topological polar surface area (TPSA) is 35.6 Å². The van der Waals surface area contributed by atoms with Gasteiger partial charge in [0, 0.05) is 37.9 Å². The molecular formula is C22H27N3O. The Balaban J connectivity index is 1.47. The van der Waals surface area contributed by atoms with Gasteiger partial charge in [0.15, 0.2) is 0 Å². The van der Waals surface area contributed by atoms with E-state index < -0.39 is 0 Å². The van der Waals surface area contributed by atoms with Crippen molar-refractivity contribution < 1.29 is 4.79 Å². The highest BCUT2D eigenvalue weighted by Gasteiger charge is 2.27. The summed E-state index contributed by atoms with van der Waals surface area (Å²) in [5, 5.41) is 3.43. The van der Waals surface area contributed by atoms with Crippen LogP contribution in [0.3, 0.4) is 0 Å². The van der Waals surface area contributed by atoms with Crippen LogP contribution in [0, 0.1) is 0 Å². The van der Waals surface area contributed by atoms with Crippen LogP contribution in [0.2, 0.25) is 0 Å². The number of rotatable bonds is 4. The molecule has 1 atom stereocenters. The second-order valence-corrected chi connectivity index (χ2v) is 7.51. The smallest absolute Gasteiger partial charge is 0.241 e. The lowest BCUT2D eigenvalue weighted by Crippen LogP contribution is -2.52. The van der Waals surface area contributed by atoms with Crippen molar-refractivity contribution in [2.75, 3.05) is 37.6 Å². The van der Waals surface area contributed by atoms with Gasteiger partial charge < -0.3 is 10.2 Å². The standard InChI is InChI=1S/C22H27N3O/c1-17-15-24(12-10-23-17)16-22(26)25-11-9-20-8-7-19(14-21(20)25)13-18-5-3-2-4-6-18/h2-8,14,17,23H,9-13,15-16H2,1H3/t17-/m1/s1. The summed E-state index contributed by atoms with van der Waals surface area (Å²) >= 11 is 0. The first-order valence-corrected chi connectivity index (χ1v) is 9.61. The molecule has 2 aliphatic heterocycles. The average molecular weight is 349 g/mol. The molecule has 2 heterocycles. The molecule has 0 bridgehead atoms. The van der Waals surface area contributed by atoms with Crippen molar-refractivity contribution in [1.82, 2.24) is 10.2 Å². The van der Waals surface area contributed by atoms with Crippen molar-refractivity contribution >= 4 is 11.6 Å². The maximum absolute atomic E-state index is 12.9. The Morgan fingerprint density at radius 3 is 2.77 bits per heavy atom. The van der Waals surface area contributed by atoms with E-state index in [1.54, 1.807) is 0 Å². The first kappa shape index (κ1) is 17.3. The van der Waals surface area contributed by atoms with E-state index in [-0.39, 0.29) is 5.91 Å². The summed E-state index contributed by atoms with van der Waals surface area (Å²) in [5.41, 5.74) is 4.99. The van der Waals surface area contributed by atoms with E-state index in [1.165, 1.54) is 16.7 Å². The lowest BCUT2D eigenvalue weighted by molar-refractivity contribution is -0.119. The van der Waals surface area contributed by atoms with Crippen LogP contribution in [-0.4, -0.2) is 49.6 Å². The molecule has 136 valence electrons. The Morgan fingerprint density at radius 1 is 1.12 bits per heavy atom. The second-order valence-electron chi connectivity index (χ2n) is 7.51. The highest BCUT2D eigenvalue weighted by atomic mass is 16.2. The van der Waals surface area contributed by atoms with Gasteiger partial charge in [-0.25, -0.2) is 0 Å². The van der Waals surface area contributed by atoms with Crippen molar-refractivity contribution in [3.63, 3.8) is 0 Å². The van der Waals surface area contributed by atoms with E-state index in [0.717, 1.165) is 44.7 Å². The Bertz CT molecular complexity index is 774. The Morgan fingerprint density at radius 2 is 1.96 bits per heavy atom. The zero-order valence-corrected chi connectivity index (χ0v) is 15.4. The first-order chi connectivity index (χ1) is 12.7. The molecule has 4 nitrogen and oxygen atoms in total. The zero-order valence-electron chi connectivity index (χ0n) is 15.4. The van der Waals surface area contributed by atoms with Crippen molar-refractivity contribution in [3.05, 3.63) is 65.2 Å². The minimum atomic E-state index is 0.231. The fourth-order valence-electron chi connectivity index (χ4n) is 4.06. The van der Waals surface area contributed by atoms with Crippen molar-refractivity contribution in [2.45, 2.75) is 25.8 Å². The summed E-state index contributed by atoms with van der Waals surface area (Å²) in [7, 11) is 0. The molecule has 0 aromatic heterocycles. The maximum Gasteiger partial charge on any atom is 0.241 e. The average Bonchev–Trinajstić information content (AvgIpc) is 3.06. The monoisotopic (exact) mass is 349 g/mol. The lowest BCUT2D eigenvalue weighted by Gasteiger charge is -2.32. The van der Waals surface area contributed by atoms with Crippen LogP contribution in [0.15, 0.2) is 48.5 Å². The minimum Gasteiger partial charge on any atom is -0.312 e. The molecule has 0 saturated carbocycles. The quantitative estimate of drug-likeness (QED) is 0.921. The third-order valence-corrected chi connectivity index (χ3v) is 5.41. The van der Waals surface area contributed by atoms with Gasteiger partial charge in [-0.2, -0.15) is 0 Å². The van der Waals surface area contributed by atoms with Gasteiger partial charge in [-0.05, 0) is 42.5 Å². The molecule has 1 amide bonds. The number of nitrogens with one attached hydrogen (secondary N) is 1. The third kappa shape index (κ3) is 3.81. The molecule has 4 heteroatoms. The summed E-state index contributed by atoms with van der Waals surface area (Å²) < 4.78 is 0. The van der Waals surface area contributed by atoms with Gasteiger partial charge >= 0.3 is 0 Å². The second kappa shape index (κ2) is 7.60. The van der Waals surface area contributed by atoms with Crippen molar-refractivity contribution in [1.29, 1.82) is 0 Å². The summed E-state index contributed by atoms with van der Waals surface area (Å²) in [4.78, 5) is 17.2. The summed E-state index contributed by atoms with van der Waals surface area (Å²) in [6, 6.07) is 17.6. The lowest BCUT2D eigenvalue weighted by atomic mass is 10.0. The molecule has 26 heavy (non-hydrogen) atoms. The third-order valence-electron chi connectivity index (χ3n) is 5.41. The van der Waals surface area contributed by atoms with E-state index in [9.17, 15) is 4.79 Å². The van der Waals surface area contributed by atoms with Gasteiger partial charge in [0.05, 0.1) is 6.54 Å². The molecule has 1 N–H and O–H groups in total. The fraction of sp³-hybridized carbons (Fsp3) is 0.409. The molecule has 2 aromatic carbocycles. The Hall–Kier alpha value is -2.17. The number of carbonyl (C=O) groups excluding carboxylic acids is 1. The van der Waals surface area contributed by atoms with Crippen LogP contribution >= 0.6 is 0 Å². The number of benzene rings is 2. The Labute approximate surface area is 155 Å². The number of fused-ring (bicyclic) bond motifs is 1. The van der Waals surface area contributed by atoms with Crippen LogP contribution in [0.4, 0.5) is 5.69 Å². The number of hydrogen-bond donors (Lipinski definition) is 1. The highest BCUT2D eigenvalue weighted by molar-refractivity contribution is 5.96. The van der Waals surface area contributed by atoms with Gasteiger partial charge in [-0.15, -0.1) is 0 Å². The zero-order chi connectivity index (χ0) is 17.9. The molecule has 4 rings (SSSR count). The van der Waals surface area contributed by atoms with Gasteiger partial charge in [-0.3, -0.25) is 9.69 Å². The van der Waals surface area contributed by atoms with Crippen LogP contribution < -0.4 is 10.2 Å². The molecule has 1 fully saturated rings. The fourth-order valence-corrected chi connectivity index (χ4v) is 4.06. The number of carbonyl (C=O) groups is 1. The predicted molar refractivity (Wildman–Crippen MR) is 106 cm³/mol. The summed E-state index contributed by atoms with van der Waals surface area (Å²) in [6.07, 6.45) is 1.87. The maximum atomic E-state index is 12.9. The highest BCUT2D eigenvalue weighted by Crippen LogP contribution is 2.30. The minimum absolute atomic E-state index is 0.231. The predicted octanol–water partition coefficient (Wildman–Crippen LogP) is 2.46. The largest absolute Gasteiger partial charge is 0.312 e. The SMILES string of the molecule is C[C@@H]1CN(CC(=O)N2CCc3ccc(Cc4ccccc4)cc32)CCN1. The van der Waals surface area contributed by atoms with Gasteiger partial charge in [0.25, 0.3) is 0 Å². The van der Waals surface area contributed by atoms with E-state index in [1.807, 2.05) is 11.0 Å². The van der Waals surface area contributed by atoms with Crippen molar-refractivity contribution in [3.8, 4) is 0 Å². The van der Waals surface area contributed by atoms with Gasteiger partial charge in [0.2, 0.25) is 5.91 Å². The Kier molecular flexibility index (Phi) is 5.05. The molecule has 0 unspecified atom stereocenters. The van der Waals surface area contributed by atoms with E-state index in [0.29, 0.717) is 12.6 Å². The summed E-state index contributed by atoms with van der Waals surface area (Å²) in [5.74, 6) is 0.231. The van der Waals surface area contributed by atoms with Gasteiger partial charge in [-0.1, -0.05) is 42.5 Å².